The Bertz CT molecular complexity index is 727. The number of hydrogen-bond acceptors (Lipinski definition) is 4. The second-order valence-electron chi connectivity index (χ2n) is 6.68. The molecular weight excluding hydrogens is 298 g/mol. The van der Waals surface area contributed by atoms with Crippen molar-refractivity contribution < 1.29 is 4.79 Å². The molecule has 22 heavy (non-hydrogen) atoms. The van der Waals surface area contributed by atoms with E-state index in [0.29, 0.717) is 18.4 Å². The van der Waals surface area contributed by atoms with E-state index in [9.17, 15) is 9.59 Å². The fourth-order valence-electron chi connectivity index (χ4n) is 2.24. The fraction of sp³-hybridized carbons (Fsp3) is 0.562. The number of aryl methyl sites for hydroxylation is 1. The molecule has 0 aliphatic rings. The van der Waals surface area contributed by atoms with Gasteiger partial charge in [0.1, 0.15) is 4.83 Å². The van der Waals surface area contributed by atoms with Crippen LogP contribution in [0.25, 0.3) is 10.2 Å². The lowest BCUT2D eigenvalue weighted by atomic mass is 9.87. The zero-order valence-electron chi connectivity index (χ0n) is 13.8. The predicted molar refractivity (Wildman–Crippen MR) is 90.2 cm³/mol. The van der Waals surface area contributed by atoms with Crippen LogP contribution >= 0.6 is 11.3 Å². The number of hydrogen-bond donors (Lipinski definition) is 0. The number of carbonyl (C=O) groups is 1. The maximum atomic E-state index is 12.3. The molecule has 0 saturated heterocycles. The van der Waals surface area contributed by atoms with E-state index < -0.39 is 0 Å². The maximum Gasteiger partial charge on any atom is 0.262 e. The second kappa shape index (κ2) is 6.20. The van der Waals surface area contributed by atoms with Crippen LogP contribution in [-0.2, 0) is 11.3 Å². The van der Waals surface area contributed by atoms with Gasteiger partial charge in [0.15, 0.2) is 0 Å². The smallest absolute Gasteiger partial charge is 0.262 e. The quantitative estimate of drug-likeness (QED) is 0.870. The van der Waals surface area contributed by atoms with Gasteiger partial charge in [-0.25, -0.2) is 4.98 Å². The summed E-state index contributed by atoms with van der Waals surface area (Å²) in [6.45, 7) is 8.74. The molecule has 0 fully saturated rings. The van der Waals surface area contributed by atoms with Gasteiger partial charge in [-0.15, -0.1) is 11.3 Å². The van der Waals surface area contributed by atoms with Crippen molar-refractivity contribution in [1.29, 1.82) is 0 Å². The highest BCUT2D eigenvalue weighted by Crippen LogP contribution is 2.23. The normalized spacial score (nSPS) is 13.3. The molecule has 0 N–H and O–H groups in total. The third-order valence-corrected chi connectivity index (χ3v) is 5.07. The number of amides is 1. The number of aromatic nitrogens is 2. The van der Waals surface area contributed by atoms with Crippen molar-refractivity contribution in [2.45, 2.75) is 46.7 Å². The molecule has 1 unspecified atom stereocenters. The number of nitrogens with zero attached hydrogens (tertiary/aromatic N) is 3. The molecule has 0 bridgehead atoms. The van der Waals surface area contributed by atoms with Crippen LogP contribution in [0.4, 0.5) is 0 Å². The van der Waals surface area contributed by atoms with Gasteiger partial charge in [0.05, 0.1) is 11.7 Å². The summed E-state index contributed by atoms with van der Waals surface area (Å²) in [6.07, 6.45) is 1.83. The Morgan fingerprint density at radius 3 is 2.77 bits per heavy atom. The van der Waals surface area contributed by atoms with E-state index in [1.807, 2.05) is 19.4 Å². The zero-order chi connectivity index (χ0) is 16.5. The summed E-state index contributed by atoms with van der Waals surface area (Å²) in [5.74, 6) is 0.0414. The standard InChI is InChI=1S/C16H23N3O2S/c1-11(16(2,3)4)18(5)13(20)6-8-19-10-17-14-12(15(19)21)7-9-22-14/h7,9-11H,6,8H2,1-5H3. The molecule has 0 aliphatic heterocycles. The van der Waals surface area contributed by atoms with E-state index >= 15 is 0 Å². The van der Waals surface area contributed by atoms with Gasteiger partial charge >= 0.3 is 0 Å². The summed E-state index contributed by atoms with van der Waals surface area (Å²) >= 11 is 1.45. The molecule has 1 atom stereocenters. The van der Waals surface area contributed by atoms with Gasteiger partial charge in [0.2, 0.25) is 5.91 Å². The monoisotopic (exact) mass is 321 g/mol. The average Bonchev–Trinajstić information content (AvgIpc) is 2.93. The lowest BCUT2D eigenvalue weighted by molar-refractivity contribution is -0.133. The van der Waals surface area contributed by atoms with Crippen LogP contribution in [0.2, 0.25) is 0 Å². The Labute approximate surface area is 134 Å². The van der Waals surface area contributed by atoms with Gasteiger partial charge in [-0.2, -0.15) is 0 Å². The summed E-state index contributed by atoms with van der Waals surface area (Å²) in [5, 5.41) is 2.48. The van der Waals surface area contributed by atoms with Crippen molar-refractivity contribution in [3.05, 3.63) is 28.1 Å². The summed E-state index contributed by atoms with van der Waals surface area (Å²) in [4.78, 5) is 31.4. The van der Waals surface area contributed by atoms with Crippen molar-refractivity contribution in [2.75, 3.05) is 7.05 Å². The summed E-state index contributed by atoms with van der Waals surface area (Å²) < 4.78 is 1.52. The zero-order valence-corrected chi connectivity index (χ0v) is 14.6. The van der Waals surface area contributed by atoms with Crippen LogP contribution in [-0.4, -0.2) is 33.4 Å². The molecule has 120 valence electrons. The van der Waals surface area contributed by atoms with Crippen LogP contribution in [0, 0.1) is 5.41 Å². The lowest BCUT2D eigenvalue weighted by Gasteiger charge is -2.35. The Morgan fingerprint density at radius 1 is 1.45 bits per heavy atom. The molecule has 1 amide bonds. The number of fused-ring (bicyclic) bond motifs is 1. The van der Waals surface area contributed by atoms with Crippen molar-refractivity contribution in [1.82, 2.24) is 14.5 Å². The Morgan fingerprint density at radius 2 is 2.14 bits per heavy atom. The molecule has 0 aliphatic carbocycles. The molecule has 2 aromatic rings. The SMILES string of the molecule is CC(N(C)C(=O)CCn1cnc2sccc2c1=O)C(C)(C)C. The third kappa shape index (κ3) is 3.38. The third-order valence-electron chi connectivity index (χ3n) is 4.24. The topological polar surface area (TPSA) is 55.2 Å². The van der Waals surface area contributed by atoms with Gasteiger partial charge in [0.25, 0.3) is 5.56 Å². The predicted octanol–water partition coefficient (Wildman–Crippen LogP) is 2.74. The first-order valence-corrected chi connectivity index (χ1v) is 8.28. The average molecular weight is 321 g/mol. The Kier molecular flexibility index (Phi) is 4.70. The van der Waals surface area contributed by atoms with Crippen molar-refractivity contribution in [2.24, 2.45) is 5.41 Å². The number of rotatable bonds is 4. The van der Waals surface area contributed by atoms with E-state index in [-0.39, 0.29) is 22.9 Å². The van der Waals surface area contributed by atoms with Crippen molar-refractivity contribution in [3.8, 4) is 0 Å². The van der Waals surface area contributed by atoms with Crippen molar-refractivity contribution >= 4 is 27.5 Å². The number of thiophene rings is 1. The minimum atomic E-state index is -0.0782. The van der Waals surface area contributed by atoms with Crippen LogP contribution < -0.4 is 5.56 Å². The maximum absolute atomic E-state index is 12.3. The van der Waals surface area contributed by atoms with E-state index in [4.69, 9.17) is 0 Å². The highest BCUT2D eigenvalue weighted by molar-refractivity contribution is 7.16. The van der Waals surface area contributed by atoms with Gasteiger partial charge in [-0.05, 0) is 23.8 Å². The van der Waals surface area contributed by atoms with Gasteiger partial charge in [-0.1, -0.05) is 20.8 Å². The molecule has 0 aromatic carbocycles. The van der Waals surface area contributed by atoms with Crippen LogP contribution in [0.1, 0.15) is 34.1 Å². The molecular formula is C16H23N3O2S. The van der Waals surface area contributed by atoms with Gasteiger partial charge < -0.3 is 4.90 Å². The first-order valence-electron chi connectivity index (χ1n) is 7.40. The highest BCUT2D eigenvalue weighted by Gasteiger charge is 2.26. The minimum Gasteiger partial charge on any atom is -0.342 e. The first-order chi connectivity index (χ1) is 10.2. The Hall–Kier alpha value is -1.69. The largest absolute Gasteiger partial charge is 0.342 e. The second-order valence-corrected chi connectivity index (χ2v) is 7.57. The molecule has 0 radical (unpaired) electrons. The number of carbonyl (C=O) groups excluding carboxylic acids is 1. The molecule has 5 nitrogen and oxygen atoms in total. The summed E-state index contributed by atoms with van der Waals surface area (Å²) in [5.41, 5.74) is -0.0520. The molecule has 2 heterocycles. The highest BCUT2D eigenvalue weighted by atomic mass is 32.1. The van der Waals surface area contributed by atoms with E-state index in [2.05, 4.69) is 25.8 Å². The molecule has 0 spiro atoms. The van der Waals surface area contributed by atoms with Crippen molar-refractivity contribution in [3.63, 3.8) is 0 Å². The fourth-order valence-corrected chi connectivity index (χ4v) is 2.97. The van der Waals surface area contributed by atoms with Crippen LogP contribution in [0.5, 0.6) is 0 Å². The lowest BCUT2D eigenvalue weighted by Crippen LogP contribution is -2.43. The summed E-state index contributed by atoms with van der Waals surface area (Å²) in [7, 11) is 1.82. The molecule has 6 heteroatoms. The van der Waals surface area contributed by atoms with Gasteiger partial charge in [-0.3, -0.25) is 14.2 Å². The van der Waals surface area contributed by atoms with E-state index in [1.54, 1.807) is 11.0 Å². The molecule has 2 aromatic heterocycles. The summed E-state index contributed by atoms with van der Waals surface area (Å²) in [6, 6.07) is 1.91. The van der Waals surface area contributed by atoms with E-state index in [0.717, 1.165) is 4.83 Å². The molecule has 2 rings (SSSR count). The minimum absolute atomic E-state index is 0.0262. The van der Waals surface area contributed by atoms with Gasteiger partial charge in [0, 0.05) is 26.1 Å². The van der Waals surface area contributed by atoms with Crippen LogP contribution in [0.15, 0.2) is 22.6 Å². The molecule has 0 saturated carbocycles. The van der Waals surface area contributed by atoms with E-state index in [1.165, 1.54) is 22.2 Å². The first kappa shape index (κ1) is 16.7. The Balaban J connectivity index is 2.07. The van der Waals surface area contributed by atoms with Crippen LogP contribution in [0.3, 0.4) is 0 Å².